The molecular formula is C11H14N4S. The van der Waals surface area contributed by atoms with Gasteiger partial charge in [-0.25, -0.2) is 0 Å². The van der Waals surface area contributed by atoms with Crippen LogP contribution in [0, 0.1) is 0 Å². The summed E-state index contributed by atoms with van der Waals surface area (Å²) in [6.45, 7) is 0. The summed E-state index contributed by atoms with van der Waals surface area (Å²) in [5, 5.41) is 9.10. The molecule has 1 unspecified atom stereocenters. The lowest BCUT2D eigenvalue weighted by molar-refractivity contribution is 0.738. The van der Waals surface area contributed by atoms with Crippen molar-refractivity contribution in [1.82, 2.24) is 14.6 Å². The van der Waals surface area contributed by atoms with Gasteiger partial charge in [-0.3, -0.25) is 4.40 Å². The number of fused-ring (bicyclic) bond motifs is 1. The third-order valence-electron chi connectivity index (χ3n) is 2.93. The highest BCUT2D eigenvalue weighted by Gasteiger charge is 2.18. The van der Waals surface area contributed by atoms with Crippen molar-refractivity contribution in [3.05, 3.63) is 24.2 Å². The van der Waals surface area contributed by atoms with Crippen LogP contribution in [-0.4, -0.2) is 25.6 Å². The summed E-state index contributed by atoms with van der Waals surface area (Å²) >= 11 is 2.04. The number of hydrogen-bond acceptors (Lipinski definition) is 4. The Morgan fingerprint density at radius 3 is 3.19 bits per heavy atom. The number of nitrogens with two attached hydrogens (primary N) is 1. The van der Waals surface area contributed by atoms with Crippen LogP contribution < -0.4 is 5.73 Å². The van der Waals surface area contributed by atoms with Gasteiger partial charge in [0.15, 0.2) is 5.65 Å². The average molecular weight is 234 g/mol. The molecule has 3 heterocycles. The molecular weight excluding hydrogens is 220 g/mol. The molecule has 0 radical (unpaired) electrons. The van der Waals surface area contributed by atoms with Crippen LogP contribution in [0.5, 0.6) is 0 Å². The molecule has 2 aromatic heterocycles. The molecule has 1 fully saturated rings. The fraction of sp³-hybridized carbons (Fsp3) is 0.455. The third-order valence-corrected chi connectivity index (χ3v) is 4.33. The first-order valence-corrected chi connectivity index (χ1v) is 6.58. The minimum atomic E-state index is 0.703. The minimum Gasteiger partial charge on any atom is -0.398 e. The predicted octanol–water partition coefficient (Wildman–Crippen LogP) is 1.75. The zero-order valence-corrected chi connectivity index (χ0v) is 9.78. The van der Waals surface area contributed by atoms with Gasteiger partial charge in [-0.05, 0) is 30.7 Å². The van der Waals surface area contributed by atoms with Crippen LogP contribution in [0.15, 0.2) is 18.3 Å². The van der Waals surface area contributed by atoms with Crippen molar-refractivity contribution < 1.29 is 0 Å². The molecule has 4 nitrogen and oxygen atoms in total. The highest BCUT2D eigenvalue weighted by molar-refractivity contribution is 8.00. The van der Waals surface area contributed by atoms with Crippen molar-refractivity contribution in [3.8, 4) is 0 Å². The van der Waals surface area contributed by atoms with E-state index in [-0.39, 0.29) is 0 Å². The Hall–Kier alpha value is -1.23. The molecule has 0 bridgehead atoms. The Bertz CT molecular complexity index is 502. The van der Waals surface area contributed by atoms with Gasteiger partial charge in [0, 0.05) is 23.6 Å². The highest BCUT2D eigenvalue weighted by atomic mass is 32.2. The van der Waals surface area contributed by atoms with Crippen molar-refractivity contribution in [2.24, 2.45) is 0 Å². The number of thioether (sulfide) groups is 1. The second kappa shape index (κ2) is 3.97. The van der Waals surface area contributed by atoms with Gasteiger partial charge in [0.2, 0.25) is 0 Å². The normalized spacial score (nSPS) is 20.6. The number of aromatic nitrogens is 3. The Balaban J connectivity index is 1.93. The zero-order valence-electron chi connectivity index (χ0n) is 8.97. The number of hydrogen-bond donors (Lipinski definition) is 1. The van der Waals surface area contributed by atoms with E-state index in [4.69, 9.17) is 5.73 Å². The Morgan fingerprint density at radius 1 is 1.44 bits per heavy atom. The molecule has 1 saturated heterocycles. The highest BCUT2D eigenvalue weighted by Crippen LogP contribution is 2.28. The van der Waals surface area contributed by atoms with Gasteiger partial charge in [-0.15, -0.1) is 10.2 Å². The molecule has 1 aliphatic heterocycles. The smallest absolute Gasteiger partial charge is 0.160 e. The summed E-state index contributed by atoms with van der Waals surface area (Å²) in [6, 6.07) is 3.77. The maximum absolute atomic E-state index is 5.78. The first kappa shape index (κ1) is 9.96. The van der Waals surface area contributed by atoms with Crippen molar-refractivity contribution in [2.75, 3.05) is 11.5 Å². The number of anilines is 1. The summed E-state index contributed by atoms with van der Waals surface area (Å²) in [4.78, 5) is 0. The van der Waals surface area contributed by atoms with E-state index in [9.17, 15) is 0 Å². The first-order valence-electron chi connectivity index (χ1n) is 5.54. The Morgan fingerprint density at radius 2 is 2.38 bits per heavy atom. The number of nitrogen functional groups attached to an aromatic ring is 1. The van der Waals surface area contributed by atoms with Crippen molar-refractivity contribution in [1.29, 1.82) is 0 Å². The van der Waals surface area contributed by atoms with E-state index in [2.05, 4.69) is 10.2 Å². The van der Waals surface area contributed by atoms with E-state index >= 15 is 0 Å². The largest absolute Gasteiger partial charge is 0.398 e. The fourth-order valence-electron chi connectivity index (χ4n) is 2.10. The van der Waals surface area contributed by atoms with Crippen LogP contribution in [0.3, 0.4) is 0 Å². The van der Waals surface area contributed by atoms with Crippen molar-refractivity contribution in [3.63, 3.8) is 0 Å². The summed E-state index contributed by atoms with van der Waals surface area (Å²) in [6.07, 6.45) is 5.52. The summed E-state index contributed by atoms with van der Waals surface area (Å²) in [5.74, 6) is 2.31. The second-order valence-electron chi connectivity index (χ2n) is 4.15. The summed E-state index contributed by atoms with van der Waals surface area (Å²) in [7, 11) is 0. The van der Waals surface area contributed by atoms with Crippen molar-refractivity contribution in [2.45, 2.75) is 24.5 Å². The van der Waals surface area contributed by atoms with E-state index in [1.165, 1.54) is 18.6 Å². The lowest BCUT2D eigenvalue weighted by Gasteiger charge is -2.06. The van der Waals surface area contributed by atoms with Crippen molar-refractivity contribution >= 4 is 23.1 Å². The first-order chi connectivity index (χ1) is 7.83. The van der Waals surface area contributed by atoms with Gasteiger partial charge < -0.3 is 5.73 Å². The maximum atomic E-state index is 5.78. The Labute approximate surface area is 98.2 Å². The SMILES string of the molecule is Nc1ccc2nnc(CC3CCCS3)n2c1. The van der Waals surface area contributed by atoms with Crippen LogP contribution in [0.25, 0.3) is 5.65 Å². The minimum absolute atomic E-state index is 0.703. The van der Waals surface area contributed by atoms with Gasteiger partial charge in [0.25, 0.3) is 0 Å². The molecule has 0 aromatic carbocycles. The van der Waals surface area contributed by atoms with Gasteiger partial charge in [0.05, 0.1) is 0 Å². The molecule has 0 saturated carbocycles. The molecule has 5 heteroatoms. The van der Waals surface area contributed by atoms with Crippen LogP contribution >= 0.6 is 11.8 Å². The number of pyridine rings is 1. The summed E-state index contributed by atoms with van der Waals surface area (Å²) in [5.41, 5.74) is 7.42. The predicted molar refractivity (Wildman–Crippen MR) is 66.6 cm³/mol. The molecule has 1 atom stereocenters. The monoisotopic (exact) mass is 234 g/mol. The van der Waals surface area contributed by atoms with Crippen LogP contribution in [0.2, 0.25) is 0 Å². The van der Waals surface area contributed by atoms with Crippen LogP contribution in [-0.2, 0) is 6.42 Å². The van der Waals surface area contributed by atoms with Gasteiger partial charge in [-0.2, -0.15) is 11.8 Å². The molecule has 84 valence electrons. The Kier molecular flexibility index (Phi) is 2.47. The molecule has 16 heavy (non-hydrogen) atoms. The molecule has 0 amide bonds. The molecule has 0 spiro atoms. The van der Waals surface area contributed by atoms with Crippen LogP contribution in [0.4, 0.5) is 5.69 Å². The van der Waals surface area contributed by atoms with E-state index in [1.807, 2.05) is 34.5 Å². The van der Waals surface area contributed by atoms with Gasteiger partial charge in [0.1, 0.15) is 5.82 Å². The zero-order chi connectivity index (χ0) is 11.0. The maximum Gasteiger partial charge on any atom is 0.160 e. The standard InChI is InChI=1S/C11H14N4S/c12-8-3-4-10-13-14-11(15(10)7-8)6-9-2-1-5-16-9/h3-4,7,9H,1-2,5-6,12H2. The second-order valence-corrected chi connectivity index (χ2v) is 5.55. The quantitative estimate of drug-likeness (QED) is 0.860. The van der Waals surface area contributed by atoms with E-state index < -0.39 is 0 Å². The number of rotatable bonds is 2. The number of nitrogens with zero attached hydrogens (tertiary/aromatic N) is 3. The van der Waals surface area contributed by atoms with E-state index in [1.54, 1.807) is 0 Å². The lowest BCUT2D eigenvalue weighted by atomic mass is 10.2. The van der Waals surface area contributed by atoms with E-state index in [0.29, 0.717) is 5.25 Å². The molecule has 1 aliphatic rings. The molecule has 3 rings (SSSR count). The van der Waals surface area contributed by atoms with Gasteiger partial charge in [-0.1, -0.05) is 0 Å². The van der Waals surface area contributed by atoms with Gasteiger partial charge >= 0.3 is 0 Å². The van der Waals surface area contributed by atoms with Crippen LogP contribution in [0.1, 0.15) is 18.7 Å². The lowest BCUT2D eigenvalue weighted by Crippen LogP contribution is -2.06. The summed E-state index contributed by atoms with van der Waals surface area (Å²) < 4.78 is 2.01. The third kappa shape index (κ3) is 1.75. The fourth-order valence-corrected chi connectivity index (χ4v) is 3.37. The topological polar surface area (TPSA) is 56.2 Å². The molecule has 0 aliphatic carbocycles. The molecule has 2 N–H and O–H groups in total. The molecule has 2 aromatic rings. The average Bonchev–Trinajstić information content (AvgIpc) is 2.90. The van der Waals surface area contributed by atoms with E-state index in [0.717, 1.165) is 23.6 Å².